The van der Waals surface area contributed by atoms with E-state index in [1.165, 1.54) is 17.1 Å². The minimum atomic E-state index is -0.470. The predicted octanol–water partition coefficient (Wildman–Crippen LogP) is 4.36. The molecule has 0 spiro atoms. The Morgan fingerprint density at radius 1 is 1.32 bits per heavy atom. The molecule has 3 rings (SSSR count). The predicted molar refractivity (Wildman–Crippen MR) is 96.7 cm³/mol. The molecule has 0 saturated carbocycles. The summed E-state index contributed by atoms with van der Waals surface area (Å²) in [6.45, 7) is 0.0984. The first-order valence-corrected chi connectivity index (χ1v) is 8.33. The van der Waals surface area contributed by atoms with Gasteiger partial charge < -0.3 is 5.11 Å². The van der Waals surface area contributed by atoms with E-state index >= 15 is 0 Å². The minimum absolute atomic E-state index is 0.0359. The van der Waals surface area contributed by atoms with E-state index in [4.69, 9.17) is 11.6 Å². The Morgan fingerprint density at radius 3 is 2.88 bits per heavy atom. The standard InChI is InChI=1S/C15H12ClN5O3S/c16-10-2-1-3-11(8-10)20(6-7-22)19-17-15-13-9-12(21(23)24)4-5-14(13)18-25-15/h1-5,8-9,22H,6-7H2. The summed E-state index contributed by atoms with van der Waals surface area (Å²) < 4.78 is 4.21. The van der Waals surface area contributed by atoms with Crippen molar-refractivity contribution in [3.8, 4) is 0 Å². The van der Waals surface area contributed by atoms with Crippen molar-refractivity contribution in [1.29, 1.82) is 0 Å². The molecule has 0 amide bonds. The van der Waals surface area contributed by atoms with Gasteiger partial charge in [0.05, 0.1) is 29.3 Å². The molecule has 0 fully saturated rings. The lowest BCUT2D eigenvalue weighted by molar-refractivity contribution is -0.384. The Morgan fingerprint density at radius 2 is 2.16 bits per heavy atom. The van der Waals surface area contributed by atoms with Crippen LogP contribution in [-0.2, 0) is 0 Å². The molecule has 0 radical (unpaired) electrons. The number of rotatable bonds is 6. The zero-order chi connectivity index (χ0) is 17.8. The van der Waals surface area contributed by atoms with E-state index in [0.717, 1.165) is 11.5 Å². The highest BCUT2D eigenvalue weighted by atomic mass is 35.5. The van der Waals surface area contributed by atoms with Crippen LogP contribution in [0.4, 0.5) is 16.4 Å². The second-order valence-corrected chi connectivity index (χ2v) is 6.15. The van der Waals surface area contributed by atoms with Crippen LogP contribution in [0, 0.1) is 10.1 Å². The van der Waals surface area contributed by atoms with Crippen LogP contribution in [0.25, 0.3) is 10.9 Å². The second kappa shape index (κ2) is 7.51. The first-order chi connectivity index (χ1) is 12.1. The van der Waals surface area contributed by atoms with Crippen LogP contribution in [-0.4, -0.2) is 27.6 Å². The summed E-state index contributed by atoms with van der Waals surface area (Å²) in [4.78, 5) is 10.5. The van der Waals surface area contributed by atoms with Crippen molar-refractivity contribution in [3.05, 3.63) is 57.6 Å². The maximum Gasteiger partial charge on any atom is 0.270 e. The Bertz CT molecular complexity index is 946. The quantitative estimate of drug-likeness (QED) is 0.390. The van der Waals surface area contributed by atoms with Gasteiger partial charge in [-0.15, -0.1) is 5.11 Å². The largest absolute Gasteiger partial charge is 0.394 e. The number of nitro benzene ring substituents is 1. The molecule has 0 aliphatic carbocycles. The van der Waals surface area contributed by atoms with Crippen molar-refractivity contribution >= 4 is 50.4 Å². The number of benzene rings is 2. The third-order valence-corrected chi connectivity index (χ3v) is 4.31. The van der Waals surface area contributed by atoms with Crippen molar-refractivity contribution in [2.45, 2.75) is 0 Å². The Kier molecular flexibility index (Phi) is 5.17. The molecular weight excluding hydrogens is 366 g/mol. The van der Waals surface area contributed by atoms with E-state index in [1.54, 1.807) is 30.3 Å². The van der Waals surface area contributed by atoms with Gasteiger partial charge in [-0.2, -0.15) is 4.37 Å². The molecule has 0 atom stereocenters. The van der Waals surface area contributed by atoms with Crippen LogP contribution < -0.4 is 5.01 Å². The van der Waals surface area contributed by atoms with Gasteiger partial charge in [-0.05, 0) is 35.8 Å². The van der Waals surface area contributed by atoms with Crippen molar-refractivity contribution in [2.24, 2.45) is 10.3 Å². The van der Waals surface area contributed by atoms with E-state index in [1.807, 2.05) is 0 Å². The zero-order valence-electron chi connectivity index (χ0n) is 12.7. The average Bonchev–Trinajstić information content (AvgIpc) is 3.01. The molecule has 1 aromatic heterocycles. The average molecular weight is 378 g/mol. The Hall–Kier alpha value is -2.62. The number of anilines is 1. The number of non-ortho nitro benzene ring substituents is 1. The van der Waals surface area contributed by atoms with Gasteiger partial charge in [0.1, 0.15) is 0 Å². The van der Waals surface area contributed by atoms with Crippen molar-refractivity contribution in [3.63, 3.8) is 0 Å². The van der Waals surface area contributed by atoms with E-state index in [9.17, 15) is 15.2 Å². The first kappa shape index (κ1) is 17.2. The number of fused-ring (bicyclic) bond motifs is 1. The molecule has 8 nitrogen and oxygen atoms in total. The fourth-order valence-electron chi connectivity index (χ4n) is 2.15. The number of aliphatic hydroxyl groups is 1. The lowest BCUT2D eigenvalue weighted by Crippen LogP contribution is -2.19. The van der Waals surface area contributed by atoms with Crippen molar-refractivity contribution in [1.82, 2.24) is 4.37 Å². The number of hydrogen-bond donors (Lipinski definition) is 1. The third kappa shape index (κ3) is 3.90. The molecule has 0 bridgehead atoms. The highest BCUT2D eigenvalue weighted by molar-refractivity contribution is 7.11. The molecular formula is C15H12ClN5O3S. The monoisotopic (exact) mass is 377 g/mol. The fourth-order valence-corrected chi connectivity index (χ4v) is 3.02. The molecule has 0 saturated heterocycles. The smallest absolute Gasteiger partial charge is 0.270 e. The van der Waals surface area contributed by atoms with E-state index in [-0.39, 0.29) is 18.8 Å². The van der Waals surface area contributed by atoms with Gasteiger partial charge in [0.2, 0.25) is 0 Å². The number of aromatic nitrogens is 1. The second-order valence-electron chi connectivity index (χ2n) is 4.96. The molecule has 1 N–H and O–H groups in total. The van der Waals surface area contributed by atoms with Gasteiger partial charge in [0.15, 0.2) is 5.00 Å². The number of nitrogens with zero attached hydrogens (tertiary/aromatic N) is 5. The number of nitro groups is 1. The molecule has 0 unspecified atom stereocenters. The van der Waals surface area contributed by atoms with Crippen LogP contribution in [0.3, 0.4) is 0 Å². The highest BCUT2D eigenvalue weighted by Gasteiger charge is 2.12. The molecule has 0 aliphatic rings. The van der Waals surface area contributed by atoms with Crippen molar-refractivity contribution < 1.29 is 10.0 Å². The van der Waals surface area contributed by atoms with E-state index in [0.29, 0.717) is 26.6 Å². The first-order valence-electron chi connectivity index (χ1n) is 7.18. The van der Waals surface area contributed by atoms with Crippen LogP contribution in [0.2, 0.25) is 5.02 Å². The molecule has 0 aliphatic heterocycles. The van der Waals surface area contributed by atoms with Crippen LogP contribution in [0.15, 0.2) is 52.8 Å². The maximum absolute atomic E-state index is 10.9. The summed E-state index contributed by atoms with van der Waals surface area (Å²) in [5, 5.41) is 31.5. The summed E-state index contributed by atoms with van der Waals surface area (Å²) in [5.74, 6) is 0. The van der Waals surface area contributed by atoms with Gasteiger partial charge in [-0.3, -0.25) is 10.1 Å². The van der Waals surface area contributed by atoms with Crippen LogP contribution >= 0.6 is 23.1 Å². The van der Waals surface area contributed by atoms with Gasteiger partial charge in [0, 0.05) is 22.5 Å². The normalized spacial score (nSPS) is 11.3. The molecule has 3 aromatic rings. The summed E-state index contributed by atoms with van der Waals surface area (Å²) in [7, 11) is 0. The fraction of sp³-hybridized carbons (Fsp3) is 0.133. The summed E-state index contributed by atoms with van der Waals surface area (Å²) in [5.41, 5.74) is 1.25. The lowest BCUT2D eigenvalue weighted by atomic mass is 10.2. The molecule has 10 heteroatoms. The molecule has 25 heavy (non-hydrogen) atoms. The van der Waals surface area contributed by atoms with Crippen LogP contribution in [0.5, 0.6) is 0 Å². The van der Waals surface area contributed by atoms with Gasteiger partial charge in [-0.25, -0.2) is 5.01 Å². The summed E-state index contributed by atoms with van der Waals surface area (Å²) in [6.07, 6.45) is 0. The SMILES string of the molecule is O=[N+]([O-])c1ccc2nsc(N=NN(CCO)c3cccc(Cl)c3)c2c1. The highest BCUT2D eigenvalue weighted by Crippen LogP contribution is 2.33. The summed E-state index contributed by atoms with van der Waals surface area (Å²) in [6, 6.07) is 11.4. The van der Waals surface area contributed by atoms with E-state index < -0.39 is 4.92 Å². The van der Waals surface area contributed by atoms with Gasteiger partial charge in [-0.1, -0.05) is 22.9 Å². The maximum atomic E-state index is 10.9. The van der Waals surface area contributed by atoms with Gasteiger partial charge >= 0.3 is 0 Å². The zero-order valence-corrected chi connectivity index (χ0v) is 14.3. The van der Waals surface area contributed by atoms with E-state index in [2.05, 4.69) is 14.7 Å². The Labute approximate surface area is 151 Å². The number of aliphatic hydroxyl groups excluding tert-OH is 1. The summed E-state index contributed by atoms with van der Waals surface area (Å²) >= 11 is 7.07. The van der Waals surface area contributed by atoms with Crippen molar-refractivity contribution in [2.75, 3.05) is 18.2 Å². The van der Waals surface area contributed by atoms with Gasteiger partial charge in [0.25, 0.3) is 5.69 Å². The lowest BCUT2D eigenvalue weighted by Gasteiger charge is -2.16. The number of hydrogen-bond acceptors (Lipinski definition) is 7. The third-order valence-electron chi connectivity index (χ3n) is 3.31. The Balaban J connectivity index is 1.94. The molecule has 128 valence electrons. The number of halogens is 1. The molecule has 1 heterocycles. The topological polar surface area (TPSA) is 104 Å². The van der Waals surface area contributed by atoms with Crippen LogP contribution in [0.1, 0.15) is 0 Å². The molecule has 2 aromatic carbocycles. The minimum Gasteiger partial charge on any atom is -0.394 e.